The van der Waals surface area contributed by atoms with Crippen LogP contribution in [-0.2, 0) is 6.42 Å². The number of unbranched alkanes of at least 4 members (excludes halogenated alkanes) is 1. The number of H-pyrrole nitrogens is 1. The van der Waals surface area contributed by atoms with Crippen LogP contribution in [0.3, 0.4) is 0 Å². The number of aryl methyl sites for hydroxylation is 1. The van der Waals surface area contributed by atoms with Gasteiger partial charge >= 0.3 is 0 Å². The van der Waals surface area contributed by atoms with Gasteiger partial charge < -0.3 is 4.98 Å². The first-order chi connectivity index (χ1) is 8.24. The molecule has 1 heterocycles. The van der Waals surface area contributed by atoms with Gasteiger partial charge in [-0.05, 0) is 30.5 Å². The smallest absolute Gasteiger partial charge is 0.248 e. The molecule has 0 saturated carbocycles. The third-order valence-electron chi connectivity index (χ3n) is 2.86. The van der Waals surface area contributed by atoms with Gasteiger partial charge in [0.05, 0.1) is 11.6 Å². The van der Waals surface area contributed by atoms with Crippen molar-refractivity contribution >= 4 is 10.9 Å². The zero-order chi connectivity index (χ0) is 12.3. The zero-order valence-electron chi connectivity index (χ0n) is 9.79. The Kier molecular flexibility index (Phi) is 3.24. The van der Waals surface area contributed by atoms with Crippen molar-refractivity contribution in [2.75, 3.05) is 0 Å². The molecule has 86 valence electrons. The normalized spacial score (nSPS) is 10.4. The van der Waals surface area contributed by atoms with Crippen molar-refractivity contribution in [3.63, 3.8) is 0 Å². The number of nitrogens with zero attached hydrogens (tertiary/aromatic N) is 1. The summed E-state index contributed by atoms with van der Waals surface area (Å²) in [5, 5.41) is 9.87. The van der Waals surface area contributed by atoms with Gasteiger partial charge in [0.15, 0.2) is 0 Å². The number of nitriles is 1. The summed E-state index contributed by atoms with van der Waals surface area (Å²) in [6.07, 6.45) is 3.08. The minimum atomic E-state index is -0.0984. The molecule has 2 rings (SSSR count). The fourth-order valence-corrected chi connectivity index (χ4v) is 1.98. The van der Waals surface area contributed by atoms with E-state index in [1.807, 2.05) is 6.07 Å². The zero-order valence-corrected chi connectivity index (χ0v) is 9.79. The number of hydrogen-bond acceptors (Lipinski definition) is 2. The van der Waals surface area contributed by atoms with Gasteiger partial charge in [-0.25, -0.2) is 0 Å². The summed E-state index contributed by atoms with van der Waals surface area (Å²) < 4.78 is 0. The molecule has 0 radical (unpaired) electrons. The number of aromatic amines is 1. The number of fused-ring (bicyclic) bond motifs is 1. The van der Waals surface area contributed by atoms with Crippen LogP contribution in [0, 0.1) is 11.3 Å². The summed E-state index contributed by atoms with van der Waals surface area (Å²) in [6.45, 7) is 2.13. The van der Waals surface area contributed by atoms with Crippen LogP contribution in [-0.4, -0.2) is 4.98 Å². The van der Waals surface area contributed by atoms with E-state index in [4.69, 9.17) is 5.26 Å². The maximum absolute atomic E-state index is 11.5. The van der Waals surface area contributed by atoms with Gasteiger partial charge in [0.1, 0.15) is 0 Å². The maximum atomic E-state index is 11.5. The molecule has 1 N–H and O–H groups in total. The minimum Gasteiger partial charge on any atom is -0.322 e. The minimum absolute atomic E-state index is 0.0984. The monoisotopic (exact) mass is 226 g/mol. The predicted octanol–water partition coefficient (Wildman–Crippen LogP) is 2.74. The van der Waals surface area contributed by atoms with Gasteiger partial charge in [-0.2, -0.15) is 5.26 Å². The van der Waals surface area contributed by atoms with Crippen molar-refractivity contribution in [3.05, 3.63) is 45.7 Å². The second kappa shape index (κ2) is 4.84. The van der Waals surface area contributed by atoms with Crippen LogP contribution in [0.1, 0.15) is 30.9 Å². The van der Waals surface area contributed by atoms with Crippen molar-refractivity contribution in [2.24, 2.45) is 0 Å². The van der Waals surface area contributed by atoms with Gasteiger partial charge in [0.25, 0.3) is 0 Å². The standard InChI is InChI=1S/C14H14N2O/c1-2-3-4-11-8-14(17)16-13-7-10(9-15)5-6-12(11)13/h5-8H,2-4H2,1H3,(H,16,17). The highest BCUT2D eigenvalue weighted by atomic mass is 16.1. The summed E-state index contributed by atoms with van der Waals surface area (Å²) in [7, 11) is 0. The van der Waals surface area contributed by atoms with Crippen LogP contribution in [0.25, 0.3) is 10.9 Å². The SMILES string of the molecule is CCCCc1cc(=O)[nH]c2cc(C#N)ccc12. The summed E-state index contributed by atoms with van der Waals surface area (Å²) in [5.41, 5.74) is 2.29. The van der Waals surface area contributed by atoms with E-state index in [0.29, 0.717) is 5.56 Å². The summed E-state index contributed by atoms with van der Waals surface area (Å²) >= 11 is 0. The summed E-state index contributed by atoms with van der Waals surface area (Å²) in [4.78, 5) is 14.3. The Morgan fingerprint density at radius 2 is 2.18 bits per heavy atom. The second-order valence-electron chi connectivity index (χ2n) is 4.13. The number of hydrogen-bond donors (Lipinski definition) is 1. The molecule has 0 atom stereocenters. The Morgan fingerprint density at radius 1 is 1.35 bits per heavy atom. The molecular formula is C14H14N2O. The van der Waals surface area contributed by atoms with Crippen molar-refractivity contribution < 1.29 is 0 Å². The number of pyridine rings is 1. The average Bonchev–Trinajstić information content (AvgIpc) is 2.34. The Labute approximate surface area is 99.7 Å². The van der Waals surface area contributed by atoms with Crippen LogP contribution >= 0.6 is 0 Å². The summed E-state index contributed by atoms with van der Waals surface area (Å²) in [5.74, 6) is 0. The first-order valence-electron chi connectivity index (χ1n) is 5.80. The maximum Gasteiger partial charge on any atom is 0.248 e. The fourth-order valence-electron chi connectivity index (χ4n) is 1.98. The van der Waals surface area contributed by atoms with Crippen LogP contribution in [0.15, 0.2) is 29.1 Å². The van der Waals surface area contributed by atoms with Gasteiger partial charge in [0.2, 0.25) is 5.56 Å². The Hall–Kier alpha value is -2.08. The molecule has 0 spiro atoms. The molecule has 0 fully saturated rings. The molecule has 0 aliphatic heterocycles. The highest BCUT2D eigenvalue weighted by molar-refractivity contribution is 5.83. The first-order valence-corrected chi connectivity index (χ1v) is 5.80. The average molecular weight is 226 g/mol. The topological polar surface area (TPSA) is 56.6 Å². The molecule has 0 unspecified atom stereocenters. The molecule has 0 bridgehead atoms. The van der Waals surface area contributed by atoms with Gasteiger partial charge in [-0.1, -0.05) is 19.4 Å². The lowest BCUT2D eigenvalue weighted by molar-refractivity contribution is 0.797. The van der Waals surface area contributed by atoms with Crippen molar-refractivity contribution in [1.29, 1.82) is 5.26 Å². The molecule has 3 heteroatoms. The third kappa shape index (κ3) is 2.36. The van der Waals surface area contributed by atoms with Crippen molar-refractivity contribution in [3.8, 4) is 6.07 Å². The first kappa shape index (κ1) is 11.4. The van der Waals surface area contributed by atoms with E-state index in [2.05, 4.69) is 18.0 Å². The second-order valence-corrected chi connectivity index (χ2v) is 4.13. The molecular weight excluding hydrogens is 212 g/mol. The highest BCUT2D eigenvalue weighted by Gasteiger charge is 2.04. The Balaban J connectivity index is 2.60. The summed E-state index contributed by atoms with van der Waals surface area (Å²) in [6, 6.07) is 9.16. The lowest BCUT2D eigenvalue weighted by atomic mass is 10.0. The van der Waals surface area contributed by atoms with E-state index < -0.39 is 0 Å². The van der Waals surface area contributed by atoms with E-state index in [-0.39, 0.29) is 5.56 Å². The lowest BCUT2D eigenvalue weighted by Crippen LogP contribution is -2.06. The largest absolute Gasteiger partial charge is 0.322 e. The molecule has 1 aromatic carbocycles. The van der Waals surface area contributed by atoms with Crippen molar-refractivity contribution in [2.45, 2.75) is 26.2 Å². The Bertz CT molecular complexity index is 635. The van der Waals surface area contributed by atoms with Gasteiger partial charge in [-0.15, -0.1) is 0 Å². The quantitative estimate of drug-likeness (QED) is 0.874. The third-order valence-corrected chi connectivity index (χ3v) is 2.86. The molecule has 1 aromatic heterocycles. The van der Waals surface area contributed by atoms with E-state index >= 15 is 0 Å². The molecule has 0 aliphatic carbocycles. The van der Waals surface area contributed by atoms with Crippen LogP contribution < -0.4 is 5.56 Å². The fraction of sp³-hybridized carbons (Fsp3) is 0.286. The van der Waals surface area contributed by atoms with Crippen LogP contribution in [0.5, 0.6) is 0 Å². The number of aromatic nitrogens is 1. The predicted molar refractivity (Wildman–Crippen MR) is 67.9 cm³/mol. The van der Waals surface area contributed by atoms with Gasteiger partial charge in [-0.3, -0.25) is 4.79 Å². The van der Waals surface area contributed by atoms with Gasteiger partial charge in [0, 0.05) is 17.0 Å². The number of nitrogens with one attached hydrogen (secondary N) is 1. The molecule has 3 nitrogen and oxygen atoms in total. The lowest BCUT2D eigenvalue weighted by Gasteiger charge is -2.05. The molecule has 0 amide bonds. The van der Waals surface area contributed by atoms with E-state index in [1.54, 1.807) is 18.2 Å². The molecule has 0 saturated heterocycles. The van der Waals surface area contributed by atoms with Crippen LogP contribution in [0.4, 0.5) is 0 Å². The highest BCUT2D eigenvalue weighted by Crippen LogP contribution is 2.18. The molecule has 2 aromatic rings. The molecule has 17 heavy (non-hydrogen) atoms. The van der Waals surface area contributed by atoms with E-state index in [0.717, 1.165) is 35.7 Å². The Morgan fingerprint density at radius 3 is 2.88 bits per heavy atom. The van der Waals surface area contributed by atoms with Crippen molar-refractivity contribution in [1.82, 2.24) is 4.98 Å². The number of rotatable bonds is 3. The van der Waals surface area contributed by atoms with E-state index in [1.165, 1.54) is 0 Å². The van der Waals surface area contributed by atoms with Crippen LogP contribution in [0.2, 0.25) is 0 Å². The molecule has 0 aliphatic rings. The van der Waals surface area contributed by atoms with E-state index in [9.17, 15) is 4.79 Å². The number of benzene rings is 1.